The molecule has 0 atom stereocenters. The molecule has 0 aliphatic carbocycles. The van der Waals surface area contributed by atoms with Gasteiger partial charge in [-0.25, -0.2) is 4.98 Å². The zero-order valence-electron chi connectivity index (χ0n) is 18.0. The van der Waals surface area contributed by atoms with Crippen LogP contribution in [0.15, 0.2) is 64.2 Å². The van der Waals surface area contributed by atoms with Gasteiger partial charge in [0.2, 0.25) is 11.8 Å². The average molecular weight is 435 g/mol. The molecule has 0 unspecified atom stereocenters. The van der Waals surface area contributed by atoms with Gasteiger partial charge in [0.05, 0.1) is 18.8 Å². The third-order valence-electron chi connectivity index (χ3n) is 4.61. The number of carbonyl (C=O) groups excluding carboxylic acids is 2. The Kier molecular flexibility index (Phi) is 7.58. The molecule has 32 heavy (non-hydrogen) atoms. The van der Waals surface area contributed by atoms with E-state index in [2.05, 4.69) is 25.9 Å². The Hall–Kier alpha value is -4.14. The monoisotopic (exact) mass is 434 g/mol. The molecule has 1 aromatic heterocycles. The molecule has 0 radical (unpaired) electrons. The maximum Gasteiger partial charge on any atom is 0.251 e. The Bertz CT molecular complexity index is 1090. The van der Waals surface area contributed by atoms with Crippen LogP contribution in [0.4, 0.5) is 0 Å². The Morgan fingerprint density at radius 2 is 1.69 bits per heavy atom. The van der Waals surface area contributed by atoms with Crippen molar-refractivity contribution in [2.75, 3.05) is 13.6 Å². The highest BCUT2D eigenvalue weighted by Crippen LogP contribution is 2.19. The van der Waals surface area contributed by atoms with E-state index in [4.69, 9.17) is 10.2 Å². The minimum atomic E-state index is -0.588. The fourth-order valence-corrected chi connectivity index (χ4v) is 2.84. The van der Waals surface area contributed by atoms with Crippen LogP contribution in [0.3, 0.4) is 0 Å². The summed E-state index contributed by atoms with van der Waals surface area (Å²) in [7, 11) is 1.68. The van der Waals surface area contributed by atoms with Crippen LogP contribution in [0.2, 0.25) is 0 Å². The van der Waals surface area contributed by atoms with Crippen LogP contribution in [0.25, 0.3) is 11.5 Å². The third-order valence-corrected chi connectivity index (χ3v) is 4.61. The quantitative estimate of drug-likeness (QED) is 0.315. The number of carbonyl (C=O) groups is 2. The highest BCUT2D eigenvalue weighted by molar-refractivity contribution is 5.96. The lowest BCUT2D eigenvalue weighted by Crippen LogP contribution is -2.36. The molecule has 0 aliphatic heterocycles. The summed E-state index contributed by atoms with van der Waals surface area (Å²) in [6, 6.07) is 15.0. The number of nitrogens with zero attached hydrogens (tertiary/aromatic N) is 2. The highest BCUT2D eigenvalue weighted by atomic mass is 16.3. The molecule has 1 heterocycles. The van der Waals surface area contributed by atoms with E-state index >= 15 is 0 Å². The van der Waals surface area contributed by atoms with Crippen LogP contribution < -0.4 is 21.7 Å². The maximum atomic E-state index is 11.9. The van der Waals surface area contributed by atoms with Gasteiger partial charge in [-0.05, 0) is 36.8 Å². The molecule has 9 nitrogen and oxygen atoms in total. The van der Waals surface area contributed by atoms with Crippen molar-refractivity contribution < 1.29 is 14.0 Å². The van der Waals surface area contributed by atoms with Crippen molar-refractivity contribution in [1.82, 2.24) is 20.9 Å². The van der Waals surface area contributed by atoms with E-state index in [1.165, 1.54) is 5.56 Å². The Morgan fingerprint density at radius 1 is 1.00 bits per heavy atom. The summed E-state index contributed by atoms with van der Waals surface area (Å²) in [5.74, 6) is 0.242. The summed E-state index contributed by atoms with van der Waals surface area (Å²) < 4.78 is 5.58. The molecule has 2 amide bonds. The van der Waals surface area contributed by atoms with Crippen LogP contribution in [-0.4, -0.2) is 36.4 Å². The largest absolute Gasteiger partial charge is 0.444 e. The first kappa shape index (κ1) is 22.5. The van der Waals surface area contributed by atoms with Crippen molar-refractivity contribution in [3.8, 4) is 11.5 Å². The Balaban J connectivity index is 1.48. The molecular formula is C23H26N6O3. The number of oxazole rings is 1. The van der Waals surface area contributed by atoms with E-state index in [-0.39, 0.29) is 12.5 Å². The predicted octanol–water partition coefficient (Wildman–Crippen LogP) is 1.73. The first-order valence-corrected chi connectivity index (χ1v) is 10.1. The summed E-state index contributed by atoms with van der Waals surface area (Å²) in [6.07, 6.45) is 1.62. The molecule has 0 saturated heterocycles. The predicted molar refractivity (Wildman–Crippen MR) is 122 cm³/mol. The van der Waals surface area contributed by atoms with Gasteiger partial charge >= 0.3 is 0 Å². The molecule has 166 valence electrons. The van der Waals surface area contributed by atoms with Crippen molar-refractivity contribution in [2.24, 2.45) is 10.7 Å². The molecule has 9 heteroatoms. The van der Waals surface area contributed by atoms with E-state index in [0.29, 0.717) is 30.5 Å². The molecule has 3 aromatic rings. The molecule has 0 spiro atoms. The first-order chi connectivity index (χ1) is 15.4. The lowest BCUT2D eigenvalue weighted by atomic mass is 10.1. The van der Waals surface area contributed by atoms with Crippen LogP contribution in [0.5, 0.6) is 0 Å². The van der Waals surface area contributed by atoms with Crippen molar-refractivity contribution in [3.05, 3.63) is 77.2 Å². The molecule has 0 fully saturated rings. The number of aromatic nitrogens is 1. The second kappa shape index (κ2) is 10.8. The number of guanidine groups is 1. The summed E-state index contributed by atoms with van der Waals surface area (Å²) in [6.45, 7) is 2.80. The van der Waals surface area contributed by atoms with Crippen LogP contribution >= 0.6 is 0 Å². The second-order valence-corrected chi connectivity index (χ2v) is 7.14. The fourth-order valence-electron chi connectivity index (χ4n) is 2.84. The van der Waals surface area contributed by atoms with Gasteiger partial charge in [-0.3, -0.25) is 14.6 Å². The summed E-state index contributed by atoms with van der Waals surface area (Å²) in [5.41, 5.74) is 9.31. The number of primary amides is 1. The molecular weight excluding hydrogens is 408 g/mol. The number of nitrogens with one attached hydrogen (secondary N) is 3. The first-order valence-electron chi connectivity index (χ1n) is 10.1. The van der Waals surface area contributed by atoms with Gasteiger partial charge in [0.25, 0.3) is 5.91 Å². The zero-order chi connectivity index (χ0) is 22.9. The number of hydrogen-bond acceptors (Lipinski definition) is 5. The highest BCUT2D eigenvalue weighted by Gasteiger charge is 2.08. The number of benzene rings is 2. The number of rotatable bonds is 8. The van der Waals surface area contributed by atoms with Crippen molar-refractivity contribution in [3.63, 3.8) is 0 Å². The van der Waals surface area contributed by atoms with Gasteiger partial charge in [0, 0.05) is 24.7 Å². The lowest BCUT2D eigenvalue weighted by Gasteiger charge is -2.11. The van der Waals surface area contributed by atoms with Gasteiger partial charge in [-0.1, -0.05) is 29.8 Å². The normalized spacial score (nSPS) is 11.1. The lowest BCUT2D eigenvalue weighted by molar-refractivity contribution is -0.117. The van der Waals surface area contributed by atoms with Gasteiger partial charge in [-0.2, -0.15) is 0 Å². The molecule has 3 rings (SSSR count). The third kappa shape index (κ3) is 6.43. The minimum Gasteiger partial charge on any atom is -0.444 e. The topological polar surface area (TPSA) is 135 Å². The fraction of sp³-hybridized carbons (Fsp3) is 0.217. The van der Waals surface area contributed by atoms with Gasteiger partial charge in [0.15, 0.2) is 5.96 Å². The van der Waals surface area contributed by atoms with E-state index < -0.39 is 5.91 Å². The van der Waals surface area contributed by atoms with E-state index in [9.17, 15) is 9.59 Å². The van der Waals surface area contributed by atoms with Crippen LogP contribution in [0, 0.1) is 6.92 Å². The average Bonchev–Trinajstić information content (AvgIpc) is 3.27. The Labute approximate surface area is 186 Å². The number of amides is 2. The van der Waals surface area contributed by atoms with E-state index in [0.717, 1.165) is 16.8 Å². The molecule has 2 aromatic carbocycles. The van der Waals surface area contributed by atoms with Crippen LogP contribution in [-0.2, 0) is 17.9 Å². The standard InChI is InChI=1S/C23H26N6O3/c1-15-3-7-18(8-4-15)22-29-19(14-32-22)12-28-23(25-2)27-11-16-5-9-17(10-6-16)21(31)26-13-20(24)30/h3-10,14H,11-13H2,1-2H3,(H2,24,30)(H,26,31)(H2,25,27,28). The smallest absolute Gasteiger partial charge is 0.251 e. The van der Waals surface area contributed by atoms with Crippen molar-refractivity contribution in [1.29, 1.82) is 0 Å². The molecule has 0 saturated carbocycles. The number of nitrogens with two attached hydrogens (primary N) is 1. The number of aryl methyl sites for hydroxylation is 1. The summed E-state index contributed by atoms with van der Waals surface area (Å²) in [5, 5.41) is 8.86. The zero-order valence-corrected chi connectivity index (χ0v) is 18.0. The van der Waals surface area contributed by atoms with Gasteiger partial charge < -0.3 is 26.1 Å². The molecule has 0 bridgehead atoms. The van der Waals surface area contributed by atoms with Gasteiger partial charge in [-0.15, -0.1) is 0 Å². The summed E-state index contributed by atoms with van der Waals surface area (Å²) in [4.78, 5) is 31.4. The van der Waals surface area contributed by atoms with E-state index in [1.807, 2.05) is 43.3 Å². The van der Waals surface area contributed by atoms with Crippen molar-refractivity contribution >= 4 is 17.8 Å². The minimum absolute atomic E-state index is 0.192. The SMILES string of the molecule is CN=C(NCc1ccc(C(=O)NCC(N)=O)cc1)NCc1coc(-c2ccc(C)cc2)n1. The molecule has 5 N–H and O–H groups in total. The maximum absolute atomic E-state index is 11.9. The van der Waals surface area contributed by atoms with Gasteiger partial charge in [0.1, 0.15) is 6.26 Å². The number of aliphatic imine (C=N–C) groups is 1. The van der Waals surface area contributed by atoms with E-state index in [1.54, 1.807) is 25.4 Å². The molecule has 0 aliphatic rings. The number of hydrogen-bond donors (Lipinski definition) is 4. The summed E-state index contributed by atoms with van der Waals surface area (Å²) >= 11 is 0. The van der Waals surface area contributed by atoms with Crippen molar-refractivity contribution in [2.45, 2.75) is 20.0 Å². The Morgan fingerprint density at radius 3 is 2.34 bits per heavy atom. The van der Waals surface area contributed by atoms with Crippen LogP contribution in [0.1, 0.15) is 27.2 Å². The second-order valence-electron chi connectivity index (χ2n) is 7.14.